The van der Waals surface area contributed by atoms with E-state index in [-0.39, 0.29) is 18.0 Å². The summed E-state index contributed by atoms with van der Waals surface area (Å²) in [6.07, 6.45) is 6.97. The lowest BCUT2D eigenvalue weighted by Gasteiger charge is -2.33. The van der Waals surface area contributed by atoms with Gasteiger partial charge in [0.1, 0.15) is 0 Å². The topological polar surface area (TPSA) is 73.8 Å². The second-order valence-electron chi connectivity index (χ2n) is 4.42. The van der Waals surface area contributed by atoms with Crippen LogP contribution in [0.25, 0.3) is 0 Å². The molecule has 1 saturated heterocycles. The predicted molar refractivity (Wildman–Crippen MR) is 65.9 cm³/mol. The first-order valence-electron chi connectivity index (χ1n) is 6.03. The molecule has 0 bridgehead atoms. The van der Waals surface area contributed by atoms with Gasteiger partial charge in [0.05, 0.1) is 17.4 Å². The Morgan fingerprint density at radius 3 is 3.11 bits per heavy atom. The van der Waals surface area contributed by atoms with Crippen molar-refractivity contribution in [1.29, 1.82) is 0 Å². The molecular weight excluding hydrogens is 232 g/mol. The number of nitrogens with one attached hydrogen (secondary N) is 2. The maximum absolute atomic E-state index is 11.8. The number of amides is 3. The van der Waals surface area contributed by atoms with Gasteiger partial charge in [-0.1, -0.05) is 6.08 Å². The second-order valence-corrected chi connectivity index (χ2v) is 4.42. The lowest BCUT2D eigenvalue weighted by atomic mass is 10.0. The quantitative estimate of drug-likeness (QED) is 0.691. The molecule has 0 aromatic heterocycles. The van der Waals surface area contributed by atoms with Gasteiger partial charge < -0.3 is 5.32 Å². The Labute approximate surface area is 104 Å². The van der Waals surface area contributed by atoms with E-state index in [9.17, 15) is 9.59 Å². The zero-order valence-corrected chi connectivity index (χ0v) is 9.85. The van der Waals surface area contributed by atoms with Crippen LogP contribution >= 0.6 is 0 Å². The summed E-state index contributed by atoms with van der Waals surface area (Å²) < 4.78 is 0. The number of allylic oxidation sites excluding steroid dienone is 1. The van der Waals surface area contributed by atoms with Crippen molar-refractivity contribution < 1.29 is 9.59 Å². The summed E-state index contributed by atoms with van der Waals surface area (Å²) in [5.74, 6) is -0.215. The first kappa shape index (κ1) is 11.0. The van der Waals surface area contributed by atoms with Gasteiger partial charge >= 0.3 is 6.03 Å². The number of imide groups is 1. The smallest absolute Gasteiger partial charge is 0.328 e. The van der Waals surface area contributed by atoms with E-state index in [1.807, 2.05) is 18.4 Å². The Hall–Kier alpha value is -2.11. The summed E-state index contributed by atoms with van der Waals surface area (Å²) in [5, 5.41) is 5.61. The van der Waals surface area contributed by atoms with Gasteiger partial charge in [-0.25, -0.2) is 4.79 Å². The molecule has 3 aliphatic rings. The minimum Gasteiger partial charge on any atom is -0.380 e. The molecule has 1 fully saturated rings. The van der Waals surface area contributed by atoms with Crippen LogP contribution in [0.2, 0.25) is 0 Å². The van der Waals surface area contributed by atoms with Crippen LogP contribution in [0.4, 0.5) is 4.79 Å². The first-order chi connectivity index (χ1) is 8.75. The third-order valence-electron chi connectivity index (χ3n) is 3.26. The maximum atomic E-state index is 11.8. The first-order valence-corrected chi connectivity index (χ1v) is 6.03. The van der Waals surface area contributed by atoms with Gasteiger partial charge in [0, 0.05) is 25.7 Å². The van der Waals surface area contributed by atoms with E-state index >= 15 is 0 Å². The summed E-state index contributed by atoms with van der Waals surface area (Å²) in [7, 11) is 0. The molecule has 1 aliphatic carbocycles. The van der Waals surface area contributed by atoms with Gasteiger partial charge in [-0.15, -0.1) is 0 Å². The molecule has 0 spiro atoms. The number of fused-ring (bicyclic) bond motifs is 1. The molecule has 2 aliphatic heterocycles. The zero-order chi connectivity index (χ0) is 12.5. The van der Waals surface area contributed by atoms with Crippen molar-refractivity contribution >= 4 is 18.2 Å². The highest BCUT2D eigenvalue weighted by Gasteiger charge is 2.30. The SMILES string of the molecule is O=C1CCN(C2=C3NCC=N[C@H]3CC=C2)C(=O)N1. The molecule has 6 nitrogen and oxygen atoms in total. The van der Waals surface area contributed by atoms with Crippen LogP contribution in [0.3, 0.4) is 0 Å². The van der Waals surface area contributed by atoms with Gasteiger partial charge in [0.15, 0.2) is 0 Å². The number of carbonyl (C=O) groups is 2. The summed E-state index contributed by atoms with van der Waals surface area (Å²) in [6, 6.07) is -0.278. The molecule has 0 aromatic rings. The van der Waals surface area contributed by atoms with Crippen LogP contribution in [0.5, 0.6) is 0 Å². The zero-order valence-electron chi connectivity index (χ0n) is 9.85. The van der Waals surface area contributed by atoms with Crippen LogP contribution in [0, 0.1) is 0 Å². The van der Waals surface area contributed by atoms with E-state index in [2.05, 4.69) is 15.6 Å². The van der Waals surface area contributed by atoms with E-state index in [1.54, 1.807) is 4.90 Å². The molecule has 0 radical (unpaired) electrons. The summed E-state index contributed by atoms with van der Waals surface area (Å²) in [6.45, 7) is 1.10. The molecule has 2 N–H and O–H groups in total. The summed E-state index contributed by atoms with van der Waals surface area (Å²) in [4.78, 5) is 29.0. The van der Waals surface area contributed by atoms with Crippen molar-refractivity contribution in [2.24, 2.45) is 4.99 Å². The van der Waals surface area contributed by atoms with Crippen molar-refractivity contribution in [3.63, 3.8) is 0 Å². The van der Waals surface area contributed by atoms with Crippen LogP contribution < -0.4 is 10.6 Å². The maximum Gasteiger partial charge on any atom is 0.328 e. The highest BCUT2D eigenvalue weighted by atomic mass is 16.2. The second kappa shape index (κ2) is 4.29. The van der Waals surface area contributed by atoms with E-state index in [4.69, 9.17) is 0 Å². The minimum absolute atomic E-state index is 0.0733. The summed E-state index contributed by atoms with van der Waals surface area (Å²) in [5.41, 5.74) is 1.80. The number of rotatable bonds is 1. The largest absolute Gasteiger partial charge is 0.380 e. The monoisotopic (exact) mass is 246 g/mol. The lowest BCUT2D eigenvalue weighted by Crippen LogP contribution is -2.50. The van der Waals surface area contributed by atoms with E-state index in [1.165, 1.54) is 0 Å². The van der Waals surface area contributed by atoms with Gasteiger partial charge in [-0.05, 0) is 12.5 Å². The number of aliphatic imine (C=N–C) groups is 1. The van der Waals surface area contributed by atoms with Gasteiger partial charge in [-0.2, -0.15) is 0 Å². The van der Waals surface area contributed by atoms with Crippen molar-refractivity contribution in [3.05, 3.63) is 23.5 Å². The number of urea groups is 1. The minimum atomic E-state index is -0.351. The van der Waals surface area contributed by atoms with E-state index < -0.39 is 0 Å². The van der Waals surface area contributed by atoms with Crippen molar-refractivity contribution in [1.82, 2.24) is 15.5 Å². The molecule has 3 rings (SSSR count). The molecule has 0 aromatic carbocycles. The van der Waals surface area contributed by atoms with Crippen molar-refractivity contribution in [2.45, 2.75) is 18.9 Å². The van der Waals surface area contributed by atoms with Crippen LogP contribution in [0.15, 0.2) is 28.5 Å². The average molecular weight is 246 g/mol. The normalized spacial score (nSPS) is 26.9. The molecule has 1 atom stereocenters. The predicted octanol–water partition coefficient (Wildman–Crippen LogP) is 0.142. The fourth-order valence-electron chi connectivity index (χ4n) is 2.40. The molecule has 94 valence electrons. The van der Waals surface area contributed by atoms with Crippen molar-refractivity contribution in [3.8, 4) is 0 Å². The third kappa shape index (κ3) is 1.79. The molecule has 6 heteroatoms. The van der Waals surface area contributed by atoms with E-state index in [0.717, 1.165) is 17.8 Å². The Bertz CT molecular complexity index is 492. The number of nitrogens with zero attached hydrogens (tertiary/aromatic N) is 2. The molecular formula is C12H14N4O2. The fourth-order valence-corrected chi connectivity index (χ4v) is 2.40. The van der Waals surface area contributed by atoms with Gasteiger partial charge in [-0.3, -0.25) is 20.0 Å². The van der Waals surface area contributed by atoms with Crippen molar-refractivity contribution in [2.75, 3.05) is 13.1 Å². The van der Waals surface area contributed by atoms with Gasteiger partial charge in [0.2, 0.25) is 5.91 Å². The lowest BCUT2D eigenvalue weighted by molar-refractivity contribution is -0.121. The Kier molecular flexibility index (Phi) is 2.62. The Morgan fingerprint density at radius 2 is 2.28 bits per heavy atom. The molecule has 18 heavy (non-hydrogen) atoms. The Morgan fingerprint density at radius 1 is 1.39 bits per heavy atom. The summed E-state index contributed by atoms with van der Waals surface area (Å²) >= 11 is 0. The molecule has 2 heterocycles. The molecule has 0 unspecified atom stereocenters. The average Bonchev–Trinajstić information content (AvgIpc) is 2.38. The number of carbonyl (C=O) groups excluding carboxylic acids is 2. The fraction of sp³-hybridized carbons (Fsp3) is 0.417. The standard InChI is InChI=1S/C12H14N4O2/c17-10-4-7-16(12(18)15-10)9-3-1-2-8-11(9)14-6-5-13-8/h1,3,5,8,14H,2,4,6-7H2,(H,15,17,18)/t8-/m0/s1. The third-order valence-corrected chi connectivity index (χ3v) is 3.26. The highest BCUT2D eigenvalue weighted by molar-refractivity contribution is 5.97. The molecule has 3 amide bonds. The highest BCUT2D eigenvalue weighted by Crippen LogP contribution is 2.25. The number of hydrogen-bond donors (Lipinski definition) is 2. The van der Waals surface area contributed by atoms with Crippen LogP contribution in [-0.2, 0) is 4.79 Å². The number of hydrogen-bond acceptors (Lipinski definition) is 4. The van der Waals surface area contributed by atoms with Crippen LogP contribution in [0.1, 0.15) is 12.8 Å². The van der Waals surface area contributed by atoms with Crippen LogP contribution in [-0.4, -0.2) is 42.2 Å². The molecule has 0 saturated carbocycles. The Balaban J connectivity index is 1.92. The van der Waals surface area contributed by atoms with E-state index in [0.29, 0.717) is 19.5 Å². The van der Waals surface area contributed by atoms with Gasteiger partial charge in [0.25, 0.3) is 0 Å².